The molecule has 0 atom stereocenters. The van der Waals surface area contributed by atoms with Gasteiger partial charge in [0.05, 0.1) is 6.42 Å². The van der Waals surface area contributed by atoms with Gasteiger partial charge in [-0.05, 0) is 25.1 Å². The van der Waals surface area contributed by atoms with Crippen molar-refractivity contribution in [1.29, 1.82) is 0 Å². The van der Waals surface area contributed by atoms with Gasteiger partial charge < -0.3 is 21.1 Å². The molecule has 0 aliphatic carbocycles. The average molecular weight is 307 g/mol. The number of carbonyl (C=O) groups is 2. The van der Waals surface area contributed by atoms with E-state index in [2.05, 4.69) is 5.32 Å². The molecule has 1 aromatic rings. The Balaban J connectivity index is 2.49. The predicted molar refractivity (Wildman–Crippen MR) is 85.3 cm³/mol. The second kappa shape index (κ2) is 10.8. The van der Waals surface area contributed by atoms with E-state index in [1.165, 1.54) is 0 Å². The molecule has 0 unspecified atom stereocenters. The largest absolute Gasteiger partial charge is 0.481 e. The highest BCUT2D eigenvalue weighted by molar-refractivity contribution is 5.77. The molecule has 6 nitrogen and oxygen atoms in total. The maximum atomic E-state index is 12.3. The Bertz CT molecular complexity index is 451. The zero-order chi connectivity index (χ0) is 16.2. The lowest BCUT2D eigenvalue weighted by molar-refractivity contribution is -0.138. The molecule has 0 heterocycles. The van der Waals surface area contributed by atoms with Crippen LogP contribution >= 0.6 is 0 Å². The number of carbonyl (C=O) groups excluding carboxylic acids is 1. The summed E-state index contributed by atoms with van der Waals surface area (Å²) in [7, 11) is 0. The highest BCUT2D eigenvalue weighted by Gasteiger charge is 2.14. The molecule has 0 fully saturated rings. The lowest BCUT2D eigenvalue weighted by atomic mass is 10.2. The molecule has 0 bridgehead atoms. The first-order valence-corrected chi connectivity index (χ1v) is 7.57. The van der Waals surface area contributed by atoms with E-state index in [0.29, 0.717) is 26.1 Å². The minimum absolute atomic E-state index is 0.0367. The number of nitrogens with two attached hydrogens (primary N) is 1. The van der Waals surface area contributed by atoms with Crippen LogP contribution in [0.25, 0.3) is 0 Å². The highest BCUT2D eigenvalue weighted by atomic mass is 16.4. The Morgan fingerprint density at radius 3 is 2.50 bits per heavy atom. The highest BCUT2D eigenvalue weighted by Crippen LogP contribution is 2.07. The molecule has 4 N–H and O–H groups in total. The number of nitrogens with one attached hydrogen (secondary N) is 1. The fourth-order valence-corrected chi connectivity index (χ4v) is 2.03. The van der Waals surface area contributed by atoms with Gasteiger partial charge in [0.2, 0.25) is 5.91 Å². The van der Waals surface area contributed by atoms with Crippen LogP contribution in [-0.4, -0.2) is 48.1 Å². The van der Waals surface area contributed by atoms with Crippen LogP contribution in [0, 0.1) is 0 Å². The third-order valence-electron chi connectivity index (χ3n) is 3.24. The lowest BCUT2D eigenvalue weighted by Gasteiger charge is -2.22. The van der Waals surface area contributed by atoms with Crippen molar-refractivity contribution in [3.63, 3.8) is 0 Å². The summed E-state index contributed by atoms with van der Waals surface area (Å²) in [5, 5.41) is 12.0. The van der Waals surface area contributed by atoms with Crippen LogP contribution in [0.4, 0.5) is 0 Å². The van der Waals surface area contributed by atoms with E-state index in [1.807, 2.05) is 30.3 Å². The normalized spacial score (nSPS) is 10.4. The fraction of sp³-hybridized carbons (Fsp3) is 0.500. The minimum Gasteiger partial charge on any atom is -0.481 e. The van der Waals surface area contributed by atoms with Crippen molar-refractivity contribution in [2.24, 2.45) is 5.73 Å². The van der Waals surface area contributed by atoms with Gasteiger partial charge in [-0.3, -0.25) is 9.59 Å². The zero-order valence-electron chi connectivity index (χ0n) is 12.8. The van der Waals surface area contributed by atoms with Crippen LogP contribution in [0.3, 0.4) is 0 Å². The van der Waals surface area contributed by atoms with Crippen LogP contribution in [0.1, 0.15) is 24.8 Å². The first-order chi connectivity index (χ1) is 10.6. The number of carboxylic acids is 1. The number of aliphatic carboxylic acids is 1. The van der Waals surface area contributed by atoms with Crippen LogP contribution in [0.5, 0.6) is 0 Å². The van der Waals surface area contributed by atoms with Crippen molar-refractivity contribution in [2.75, 3.05) is 26.2 Å². The topological polar surface area (TPSA) is 95.7 Å². The molecule has 122 valence electrons. The lowest BCUT2D eigenvalue weighted by Crippen LogP contribution is -2.34. The number of rotatable bonds is 11. The quantitative estimate of drug-likeness (QED) is 0.526. The van der Waals surface area contributed by atoms with Crippen molar-refractivity contribution in [1.82, 2.24) is 10.2 Å². The summed E-state index contributed by atoms with van der Waals surface area (Å²) in [6.45, 7) is 2.66. The fourth-order valence-electron chi connectivity index (χ4n) is 2.03. The van der Waals surface area contributed by atoms with Crippen molar-refractivity contribution >= 4 is 11.9 Å². The molecule has 0 saturated carbocycles. The van der Waals surface area contributed by atoms with Crippen molar-refractivity contribution in [3.05, 3.63) is 35.9 Å². The molecule has 6 heteroatoms. The van der Waals surface area contributed by atoms with Crippen LogP contribution in [0.2, 0.25) is 0 Å². The molecule has 0 radical (unpaired) electrons. The van der Waals surface area contributed by atoms with E-state index in [1.54, 1.807) is 4.90 Å². The third-order valence-corrected chi connectivity index (χ3v) is 3.24. The number of hydrogen-bond acceptors (Lipinski definition) is 4. The van der Waals surface area contributed by atoms with E-state index in [9.17, 15) is 9.59 Å². The van der Waals surface area contributed by atoms with Crippen molar-refractivity contribution in [2.45, 2.75) is 25.8 Å². The van der Waals surface area contributed by atoms with Crippen LogP contribution < -0.4 is 11.1 Å². The molecule has 1 aromatic carbocycles. The van der Waals surface area contributed by atoms with Crippen molar-refractivity contribution in [3.8, 4) is 0 Å². The molecule has 22 heavy (non-hydrogen) atoms. The van der Waals surface area contributed by atoms with E-state index in [0.717, 1.165) is 18.5 Å². The van der Waals surface area contributed by atoms with Gasteiger partial charge in [-0.2, -0.15) is 0 Å². The Labute approximate surface area is 131 Å². The van der Waals surface area contributed by atoms with Gasteiger partial charge in [-0.25, -0.2) is 0 Å². The van der Waals surface area contributed by atoms with Crippen molar-refractivity contribution < 1.29 is 14.7 Å². The molecular formula is C16H25N3O3. The summed E-state index contributed by atoms with van der Waals surface area (Å²) in [5.74, 6) is -0.933. The van der Waals surface area contributed by atoms with E-state index >= 15 is 0 Å². The first kappa shape index (κ1) is 18.1. The summed E-state index contributed by atoms with van der Waals surface area (Å²) < 4.78 is 0. The zero-order valence-corrected chi connectivity index (χ0v) is 12.8. The second-order valence-corrected chi connectivity index (χ2v) is 5.09. The molecule has 0 aliphatic rings. The van der Waals surface area contributed by atoms with Gasteiger partial charge in [0.25, 0.3) is 0 Å². The smallest absolute Gasteiger partial charge is 0.305 e. The Morgan fingerprint density at radius 1 is 1.14 bits per heavy atom. The second-order valence-electron chi connectivity index (χ2n) is 5.09. The Morgan fingerprint density at radius 2 is 1.86 bits per heavy atom. The molecule has 0 spiro atoms. The predicted octanol–water partition coefficient (Wildman–Crippen LogP) is 0.818. The van der Waals surface area contributed by atoms with Gasteiger partial charge in [0, 0.05) is 26.1 Å². The minimum atomic E-state index is -0.896. The first-order valence-electron chi connectivity index (χ1n) is 7.57. The molecular weight excluding hydrogens is 282 g/mol. The van der Waals surface area contributed by atoms with Gasteiger partial charge in [-0.15, -0.1) is 0 Å². The summed E-state index contributed by atoms with van der Waals surface area (Å²) in [5.41, 5.74) is 6.40. The number of carboxylic acid groups (broad SMARTS) is 1. The monoisotopic (exact) mass is 307 g/mol. The standard InChI is InChI=1S/C16H25N3O3/c17-9-4-10-18-11-7-15(20)19(12-8-16(21)22)13-14-5-2-1-3-6-14/h1-3,5-6,18H,4,7-13,17H2,(H,21,22). The third kappa shape index (κ3) is 7.75. The number of amides is 1. The molecule has 0 aliphatic heterocycles. The Kier molecular flexibility index (Phi) is 8.86. The summed E-state index contributed by atoms with van der Waals surface area (Å²) in [6.07, 6.45) is 1.19. The SMILES string of the molecule is NCCCNCCC(=O)N(CCC(=O)O)Cc1ccccc1. The van der Waals surface area contributed by atoms with E-state index in [-0.39, 0.29) is 18.9 Å². The summed E-state index contributed by atoms with van der Waals surface area (Å²) in [6, 6.07) is 9.59. The maximum absolute atomic E-state index is 12.3. The van der Waals surface area contributed by atoms with Gasteiger partial charge >= 0.3 is 5.97 Å². The van der Waals surface area contributed by atoms with Crippen LogP contribution in [0.15, 0.2) is 30.3 Å². The van der Waals surface area contributed by atoms with Gasteiger partial charge in [0.1, 0.15) is 0 Å². The molecule has 0 saturated heterocycles. The number of hydrogen-bond donors (Lipinski definition) is 3. The number of benzene rings is 1. The maximum Gasteiger partial charge on any atom is 0.305 e. The molecule has 1 rings (SSSR count). The average Bonchev–Trinajstić information content (AvgIpc) is 2.51. The van der Waals surface area contributed by atoms with Gasteiger partial charge in [-0.1, -0.05) is 30.3 Å². The number of nitrogens with zero attached hydrogens (tertiary/aromatic N) is 1. The molecule has 1 amide bonds. The Hall–Kier alpha value is -1.92. The summed E-state index contributed by atoms with van der Waals surface area (Å²) >= 11 is 0. The molecule has 0 aromatic heterocycles. The van der Waals surface area contributed by atoms with E-state index in [4.69, 9.17) is 10.8 Å². The summed E-state index contributed by atoms with van der Waals surface area (Å²) in [4.78, 5) is 24.6. The van der Waals surface area contributed by atoms with Gasteiger partial charge in [0.15, 0.2) is 0 Å². The van der Waals surface area contributed by atoms with Crippen LogP contribution in [-0.2, 0) is 16.1 Å². The van der Waals surface area contributed by atoms with E-state index < -0.39 is 5.97 Å².